The summed E-state index contributed by atoms with van der Waals surface area (Å²) in [7, 11) is 1.12. The average molecular weight is 446 g/mol. The van der Waals surface area contributed by atoms with Gasteiger partial charge in [-0.15, -0.1) is 13.2 Å². The second-order valence-corrected chi connectivity index (χ2v) is 6.67. The molecule has 0 bridgehead atoms. The lowest BCUT2D eigenvalue weighted by atomic mass is 9.97. The first-order chi connectivity index (χ1) is 15.0. The molecule has 0 unspecified atom stereocenters. The van der Waals surface area contributed by atoms with Crippen molar-refractivity contribution in [2.45, 2.75) is 12.9 Å². The monoisotopic (exact) mass is 446 g/mol. The number of hydrogen-bond donors (Lipinski definition) is 1. The van der Waals surface area contributed by atoms with Crippen molar-refractivity contribution in [3.8, 4) is 16.9 Å². The quantitative estimate of drug-likeness (QED) is 0.542. The molecule has 1 N–H and O–H groups in total. The molecule has 0 atom stereocenters. The van der Waals surface area contributed by atoms with Gasteiger partial charge in [0.2, 0.25) is 0 Å². The zero-order valence-electron chi connectivity index (χ0n) is 16.8. The standard InChI is InChI=1S/C22H17F3N2O5/c1-12(21(30)31-3)26-19(28)13(2)27-11-18-16(5-4-6-17(18)20(27)29)14-7-9-15(10-8-14)32-22(23,24)25/h4-10H,1-2,11H2,3H3,(H,26,28). The molecule has 0 saturated heterocycles. The molecule has 10 heteroatoms. The summed E-state index contributed by atoms with van der Waals surface area (Å²) in [4.78, 5) is 37.8. The Bertz CT molecular complexity index is 1120. The molecule has 2 amide bonds. The Morgan fingerprint density at radius 1 is 1.06 bits per heavy atom. The summed E-state index contributed by atoms with van der Waals surface area (Å²) in [6.45, 7) is 7.02. The van der Waals surface area contributed by atoms with Crippen LogP contribution in [0.2, 0.25) is 0 Å². The molecule has 1 heterocycles. The van der Waals surface area contributed by atoms with Crippen LogP contribution in [-0.4, -0.2) is 36.2 Å². The van der Waals surface area contributed by atoms with E-state index >= 15 is 0 Å². The highest BCUT2D eigenvalue weighted by Gasteiger charge is 2.34. The van der Waals surface area contributed by atoms with Crippen molar-refractivity contribution in [2.24, 2.45) is 0 Å². The van der Waals surface area contributed by atoms with E-state index in [9.17, 15) is 27.6 Å². The van der Waals surface area contributed by atoms with Crippen molar-refractivity contribution in [3.63, 3.8) is 0 Å². The molecule has 166 valence electrons. The number of alkyl halides is 3. The fraction of sp³-hybridized carbons (Fsp3) is 0.136. The molecular weight excluding hydrogens is 429 g/mol. The first kappa shape index (κ1) is 22.6. The number of methoxy groups -OCH3 is 1. The van der Waals surface area contributed by atoms with Crippen molar-refractivity contribution < 1.29 is 37.0 Å². The summed E-state index contributed by atoms with van der Waals surface area (Å²) in [5, 5.41) is 2.22. The lowest BCUT2D eigenvalue weighted by molar-refractivity contribution is -0.274. The van der Waals surface area contributed by atoms with Gasteiger partial charge in [0.25, 0.3) is 11.8 Å². The van der Waals surface area contributed by atoms with Crippen LogP contribution in [0.4, 0.5) is 13.2 Å². The predicted molar refractivity (Wildman–Crippen MR) is 107 cm³/mol. The first-order valence-electron chi connectivity index (χ1n) is 9.09. The molecular formula is C22H17F3N2O5. The molecule has 1 aliphatic rings. The second kappa shape index (κ2) is 8.58. The summed E-state index contributed by atoms with van der Waals surface area (Å²) in [6, 6.07) is 10.1. The van der Waals surface area contributed by atoms with Crippen LogP contribution in [0.1, 0.15) is 15.9 Å². The van der Waals surface area contributed by atoms with Gasteiger partial charge >= 0.3 is 12.3 Å². The van der Waals surface area contributed by atoms with Crippen molar-refractivity contribution in [2.75, 3.05) is 7.11 Å². The Hall–Kier alpha value is -4.08. The summed E-state index contributed by atoms with van der Waals surface area (Å²) < 4.78 is 45.5. The van der Waals surface area contributed by atoms with E-state index in [-0.39, 0.29) is 23.7 Å². The van der Waals surface area contributed by atoms with Gasteiger partial charge in [0, 0.05) is 5.56 Å². The minimum atomic E-state index is -4.80. The fourth-order valence-corrected chi connectivity index (χ4v) is 3.16. The van der Waals surface area contributed by atoms with Gasteiger partial charge < -0.3 is 14.8 Å². The van der Waals surface area contributed by atoms with Crippen LogP contribution >= 0.6 is 0 Å². The number of carbonyl (C=O) groups excluding carboxylic acids is 3. The minimum absolute atomic E-state index is 0.00208. The van der Waals surface area contributed by atoms with Gasteiger partial charge in [-0.1, -0.05) is 37.4 Å². The maximum atomic E-state index is 12.8. The van der Waals surface area contributed by atoms with Gasteiger partial charge in [0.05, 0.1) is 13.7 Å². The Labute approximate surface area is 180 Å². The van der Waals surface area contributed by atoms with E-state index in [1.165, 1.54) is 24.3 Å². The Kier molecular flexibility index (Phi) is 6.06. The maximum Gasteiger partial charge on any atom is 0.573 e. The highest BCUT2D eigenvalue weighted by atomic mass is 19.4. The van der Waals surface area contributed by atoms with Crippen molar-refractivity contribution in [1.29, 1.82) is 0 Å². The van der Waals surface area contributed by atoms with Crippen LogP contribution in [0.3, 0.4) is 0 Å². The number of ether oxygens (including phenoxy) is 2. The van der Waals surface area contributed by atoms with Gasteiger partial charge in [-0.3, -0.25) is 14.5 Å². The number of benzene rings is 2. The van der Waals surface area contributed by atoms with Crippen molar-refractivity contribution >= 4 is 17.8 Å². The van der Waals surface area contributed by atoms with Crippen LogP contribution in [-0.2, 0) is 20.9 Å². The number of amides is 2. The van der Waals surface area contributed by atoms with Gasteiger partial charge in [-0.25, -0.2) is 4.79 Å². The van der Waals surface area contributed by atoms with E-state index in [4.69, 9.17) is 0 Å². The number of rotatable bonds is 6. The van der Waals surface area contributed by atoms with E-state index in [1.807, 2.05) is 0 Å². The fourth-order valence-electron chi connectivity index (χ4n) is 3.16. The molecule has 0 spiro atoms. The highest BCUT2D eigenvalue weighted by molar-refractivity contribution is 6.07. The van der Waals surface area contributed by atoms with Gasteiger partial charge in [0.1, 0.15) is 17.1 Å². The number of hydrogen-bond acceptors (Lipinski definition) is 5. The second-order valence-electron chi connectivity index (χ2n) is 6.67. The Balaban J connectivity index is 1.83. The predicted octanol–water partition coefficient (Wildman–Crippen LogP) is 3.52. The lowest BCUT2D eigenvalue weighted by Crippen LogP contribution is -2.36. The lowest BCUT2D eigenvalue weighted by Gasteiger charge is -2.18. The number of nitrogens with zero attached hydrogens (tertiary/aromatic N) is 1. The van der Waals surface area contributed by atoms with E-state index in [1.54, 1.807) is 18.2 Å². The van der Waals surface area contributed by atoms with E-state index in [2.05, 4.69) is 27.9 Å². The maximum absolute atomic E-state index is 12.8. The molecule has 2 aromatic carbocycles. The number of nitrogens with one attached hydrogen (secondary N) is 1. The zero-order valence-corrected chi connectivity index (χ0v) is 16.8. The SMILES string of the molecule is C=C(NC(=O)C(=C)N1Cc2c(cccc2-c2ccc(OC(F)(F)F)cc2)C1=O)C(=O)OC. The highest BCUT2D eigenvalue weighted by Crippen LogP contribution is 2.35. The molecule has 0 fully saturated rings. The summed E-state index contributed by atoms with van der Waals surface area (Å²) >= 11 is 0. The average Bonchev–Trinajstić information content (AvgIpc) is 3.08. The topological polar surface area (TPSA) is 84.9 Å². The van der Waals surface area contributed by atoms with E-state index in [0.717, 1.165) is 12.0 Å². The normalized spacial score (nSPS) is 12.8. The van der Waals surface area contributed by atoms with Crippen LogP contribution in [0.25, 0.3) is 11.1 Å². The summed E-state index contributed by atoms with van der Waals surface area (Å²) in [5.41, 5.74) is 1.52. The molecule has 0 aromatic heterocycles. The van der Waals surface area contributed by atoms with Gasteiger partial charge in [-0.2, -0.15) is 0 Å². The zero-order chi connectivity index (χ0) is 23.6. The van der Waals surface area contributed by atoms with Crippen LogP contribution in [0.5, 0.6) is 5.75 Å². The van der Waals surface area contributed by atoms with Crippen LogP contribution in [0.15, 0.2) is 67.0 Å². The molecule has 3 rings (SSSR count). The molecule has 7 nitrogen and oxygen atoms in total. The first-order valence-corrected chi connectivity index (χ1v) is 9.09. The number of esters is 1. The summed E-state index contributed by atoms with van der Waals surface area (Å²) in [6.07, 6.45) is -4.80. The molecule has 0 saturated carbocycles. The van der Waals surface area contributed by atoms with Gasteiger partial charge in [0.15, 0.2) is 0 Å². The Morgan fingerprint density at radius 2 is 1.69 bits per heavy atom. The van der Waals surface area contributed by atoms with E-state index in [0.29, 0.717) is 22.3 Å². The van der Waals surface area contributed by atoms with Crippen LogP contribution in [0, 0.1) is 0 Å². The molecule has 2 aromatic rings. The third kappa shape index (κ3) is 4.64. The summed E-state index contributed by atoms with van der Waals surface area (Å²) in [5.74, 6) is -2.51. The smallest absolute Gasteiger partial charge is 0.464 e. The number of fused-ring (bicyclic) bond motifs is 1. The van der Waals surface area contributed by atoms with Crippen molar-refractivity contribution in [3.05, 3.63) is 78.1 Å². The Morgan fingerprint density at radius 3 is 2.28 bits per heavy atom. The van der Waals surface area contributed by atoms with E-state index < -0.39 is 24.1 Å². The molecule has 0 aliphatic carbocycles. The minimum Gasteiger partial charge on any atom is -0.464 e. The third-order valence-corrected chi connectivity index (χ3v) is 4.65. The van der Waals surface area contributed by atoms with Crippen molar-refractivity contribution in [1.82, 2.24) is 10.2 Å². The van der Waals surface area contributed by atoms with Crippen LogP contribution < -0.4 is 10.1 Å². The van der Waals surface area contributed by atoms with Gasteiger partial charge in [-0.05, 0) is 34.9 Å². The number of halogens is 3. The third-order valence-electron chi connectivity index (χ3n) is 4.65. The molecule has 32 heavy (non-hydrogen) atoms. The largest absolute Gasteiger partial charge is 0.573 e. The molecule has 1 aliphatic heterocycles. The number of carbonyl (C=O) groups is 3. The molecule has 0 radical (unpaired) electrons.